The zero-order valence-corrected chi connectivity index (χ0v) is 13.9. The van der Waals surface area contributed by atoms with E-state index in [0.717, 1.165) is 5.75 Å². The van der Waals surface area contributed by atoms with Crippen LogP contribution in [0.4, 0.5) is 0 Å². The van der Waals surface area contributed by atoms with Crippen LogP contribution < -0.4 is 4.74 Å². The van der Waals surface area contributed by atoms with Gasteiger partial charge < -0.3 is 4.74 Å². The van der Waals surface area contributed by atoms with Gasteiger partial charge in [-0.1, -0.05) is 58.4 Å². The molecule has 0 aliphatic heterocycles. The number of nitrogens with zero attached hydrogens (tertiary/aromatic N) is 2. The summed E-state index contributed by atoms with van der Waals surface area (Å²) in [6.07, 6.45) is 0. The Bertz CT molecular complexity index is 633. The first-order valence-electron chi connectivity index (χ1n) is 7.08. The van der Waals surface area contributed by atoms with Gasteiger partial charge in [0.25, 0.3) is 0 Å². The number of aromatic nitrogens is 2. The van der Waals surface area contributed by atoms with Crippen LogP contribution >= 0.6 is 11.6 Å². The van der Waals surface area contributed by atoms with Crippen molar-refractivity contribution >= 4 is 11.6 Å². The fourth-order valence-corrected chi connectivity index (χ4v) is 2.02. The van der Waals surface area contributed by atoms with E-state index in [1.807, 2.05) is 39.0 Å². The molecule has 0 amide bonds. The van der Waals surface area contributed by atoms with E-state index in [2.05, 4.69) is 29.9 Å². The van der Waals surface area contributed by atoms with E-state index in [9.17, 15) is 0 Å². The first-order valence-corrected chi connectivity index (χ1v) is 7.46. The zero-order valence-electron chi connectivity index (χ0n) is 13.1. The zero-order chi connectivity index (χ0) is 15.6. The summed E-state index contributed by atoms with van der Waals surface area (Å²) in [4.78, 5) is 8.72. The lowest BCUT2D eigenvalue weighted by Gasteiger charge is -2.17. The molecule has 0 aliphatic carbocycles. The highest BCUT2D eigenvalue weighted by molar-refractivity contribution is 6.29. The predicted molar refractivity (Wildman–Crippen MR) is 86.3 cm³/mol. The number of ether oxygens (including phenoxy) is 1. The van der Waals surface area contributed by atoms with Crippen molar-refractivity contribution in [1.82, 2.24) is 9.97 Å². The monoisotopic (exact) mass is 304 g/mol. The average molecular weight is 305 g/mol. The molecule has 0 unspecified atom stereocenters. The van der Waals surface area contributed by atoms with Crippen molar-refractivity contribution in [3.63, 3.8) is 0 Å². The Morgan fingerprint density at radius 3 is 2.43 bits per heavy atom. The minimum absolute atomic E-state index is 0.178. The Morgan fingerprint density at radius 1 is 1.10 bits per heavy atom. The Balaban J connectivity index is 2.31. The molecule has 0 saturated carbocycles. The molecule has 112 valence electrons. The van der Waals surface area contributed by atoms with E-state index >= 15 is 0 Å². The summed E-state index contributed by atoms with van der Waals surface area (Å²) in [5, 5.41) is 0.393. The van der Waals surface area contributed by atoms with Gasteiger partial charge in [-0.15, -0.1) is 0 Å². The molecule has 0 aliphatic rings. The van der Waals surface area contributed by atoms with E-state index in [1.165, 1.54) is 5.56 Å². The maximum absolute atomic E-state index is 6.07. The summed E-state index contributed by atoms with van der Waals surface area (Å²) < 4.78 is 5.85. The summed E-state index contributed by atoms with van der Waals surface area (Å²) in [5.41, 5.74) is 1.05. The quantitative estimate of drug-likeness (QED) is 0.718. The van der Waals surface area contributed by atoms with Crippen molar-refractivity contribution < 1.29 is 4.74 Å². The second-order valence-electron chi connectivity index (χ2n) is 6.43. The highest BCUT2D eigenvalue weighted by atomic mass is 35.5. The third kappa shape index (κ3) is 4.18. The standard InChI is InChI=1S/C17H21ClN2O/c1-11(2)12-7-6-8-13(9-12)21-15-10-14(18)19-16(20-15)17(3,4)5/h6-11H,1-5H3. The fraction of sp³-hybridized carbons (Fsp3) is 0.412. The second kappa shape index (κ2) is 6.02. The molecule has 21 heavy (non-hydrogen) atoms. The van der Waals surface area contributed by atoms with Crippen LogP contribution in [0.25, 0.3) is 0 Å². The van der Waals surface area contributed by atoms with Crippen LogP contribution in [0.2, 0.25) is 5.15 Å². The van der Waals surface area contributed by atoms with Crippen LogP contribution in [0.1, 0.15) is 51.9 Å². The summed E-state index contributed by atoms with van der Waals surface area (Å²) in [6, 6.07) is 9.65. The third-order valence-corrected chi connectivity index (χ3v) is 3.28. The van der Waals surface area contributed by atoms with E-state index in [-0.39, 0.29) is 5.41 Å². The molecule has 3 nitrogen and oxygen atoms in total. The van der Waals surface area contributed by atoms with Crippen LogP contribution in [0.5, 0.6) is 11.6 Å². The highest BCUT2D eigenvalue weighted by Gasteiger charge is 2.19. The van der Waals surface area contributed by atoms with Crippen molar-refractivity contribution in [2.45, 2.75) is 46.0 Å². The Hall–Kier alpha value is -1.61. The van der Waals surface area contributed by atoms with Crippen LogP contribution in [0.3, 0.4) is 0 Å². The summed E-state index contributed by atoms with van der Waals surface area (Å²) in [7, 11) is 0. The number of halogens is 1. The van der Waals surface area contributed by atoms with Gasteiger partial charge in [0, 0.05) is 11.5 Å². The Morgan fingerprint density at radius 2 is 1.81 bits per heavy atom. The van der Waals surface area contributed by atoms with Crippen LogP contribution in [-0.4, -0.2) is 9.97 Å². The molecule has 0 bridgehead atoms. The van der Waals surface area contributed by atoms with Gasteiger partial charge in [-0.25, -0.2) is 4.98 Å². The molecule has 1 aromatic heterocycles. The van der Waals surface area contributed by atoms with Gasteiger partial charge in [0.1, 0.15) is 16.7 Å². The lowest BCUT2D eigenvalue weighted by atomic mass is 9.96. The third-order valence-electron chi connectivity index (χ3n) is 3.09. The van der Waals surface area contributed by atoms with Crippen LogP contribution in [0.15, 0.2) is 30.3 Å². The lowest BCUT2D eigenvalue weighted by Crippen LogP contribution is -2.16. The van der Waals surface area contributed by atoms with E-state index in [1.54, 1.807) is 6.07 Å². The Kier molecular flexibility index (Phi) is 4.52. The first kappa shape index (κ1) is 15.8. The van der Waals surface area contributed by atoms with Crippen molar-refractivity contribution in [3.8, 4) is 11.6 Å². The number of rotatable bonds is 3. The maximum Gasteiger partial charge on any atom is 0.224 e. The van der Waals surface area contributed by atoms with Gasteiger partial charge in [-0.3, -0.25) is 0 Å². The smallest absolute Gasteiger partial charge is 0.224 e. The summed E-state index contributed by atoms with van der Waals surface area (Å²) in [5.74, 6) is 2.36. The summed E-state index contributed by atoms with van der Waals surface area (Å²) >= 11 is 6.07. The van der Waals surface area contributed by atoms with Gasteiger partial charge >= 0.3 is 0 Å². The molecule has 0 spiro atoms. The second-order valence-corrected chi connectivity index (χ2v) is 6.82. The van der Waals surface area contributed by atoms with Crippen LogP contribution in [-0.2, 0) is 5.41 Å². The van der Waals surface area contributed by atoms with Crippen molar-refractivity contribution in [3.05, 3.63) is 46.9 Å². The first-order chi connectivity index (χ1) is 9.75. The van der Waals surface area contributed by atoms with Crippen LogP contribution in [0, 0.1) is 0 Å². The van der Waals surface area contributed by atoms with Gasteiger partial charge in [-0.05, 0) is 23.6 Å². The van der Waals surface area contributed by atoms with E-state index in [0.29, 0.717) is 22.8 Å². The molecule has 1 aromatic carbocycles. The highest BCUT2D eigenvalue weighted by Crippen LogP contribution is 2.28. The van der Waals surface area contributed by atoms with Crippen molar-refractivity contribution in [1.29, 1.82) is 0 Å². The van der Waals surface area contributed by atoms with Gasteiger partial charge in [0.05, 0.1) is 0 Å². The van der Waals surface area contributed by atoms with Crippen molar-refractivity contribution in [2.75, 3.05) is 0 Å². The maximum atomic E-state index is 6.07. The predicted octanol–water partition coefficient (Wildman–Crippen LogP) is 5.34. The molecule has 0 radical (unpaired) electrons. The normalized spacial score (nSPS) is 11.8. The number of hydrogen-bond donors (Lipinski definition) is 0. The molecule has 0 atom stereocenters. The topological polar surface area (TPSA) is 35.0 Å². The van der Waals surface area contributed by atoms with E-state index in [4.69, 9.17) is 16.3 Å². The molecular weight excluding hydrogens is 284 g/mol. The van der Waals surface area contributed by atoms with Gasteiger partial charge in [0.2, 0.25) is 5.88 Å². The number of hydrogen-bond acceptors (Lipinski definition) is 3. The molecule has 2 rings (SSSR count). The van der Waals surface area contributed by atoms with Gasteiger partial charge in [0.15, 0.2) is 0 Å². The molecule has 1 heterocycles. The average Bonchev–Trinajstić information content (AvgIpc) is 2.37. The minimum Gasteiger partial charge on any atom is -0.439 e. The largest absolute Gasteiger partial charge is 0.439 e. The minimum atomic E-state index is -0.178. The summed E-state index contributed by atoms with van der Waals surface area (Å²) in [6.45, 7) is 10.4. The fourth-order valence-electron chi connectivity index (χ4n) is 1.84. The molecule has 0 fully saturated rings. The molecule has 2 aromatic rings. The molecule has 0 N–H and O–H groups in total. The SMILES string of the molecule is CC(C)c1cccc(Oc2cc(Cl)nc(C(C)(C)C)n2)c1. The molecular formula is C17H21ClN2O. The number of benzene rings is 1. The van der Waals surface area contributed by atoms with Crippen molar-refractivity contribution in [2.24, 2.45) is 0 Å². The van der Waals surface area contributed by atoms with E-state index < -0.39 is 0 Å². The lowest BCUT2D eigenvalue weighted by molar-refractivity contribution is 0.445. The Labute approximate surface area is 131 Å². The molecule has 0 saturated heterocycles. The van der Waals surface area contributed by atoms with Gasteiger partial charge in [-0.2, -0.15) is 4.98 Å². The molecule has 4 heteroatoms.